The normalized spacial score (nSPS) is 16.3. The van der Waals surface area contributed by atoms with Gasteiger partial charge in [0.05, 0.1) is 0 Å². The Morgan fingerprint density at radius 3 is 2.61 bits per heavy atom. The number of nitrogens with zero attached hydrogens (tertiary/aromatic N) is 1. The third-order valence-corrected chi connectivity index (χ3v) is 6.59. The molecule has 1 atom stereocenters. The number of fused-ring (bicyclic) bond motifs is 2. The highest BCUT2D eigenvalue weighted by atomic mass is 16.5. The zero-order chi connectivity index (χ0) is 22.8. The predicted molar refractivity (Wildman–Crippen MR) is 129 cm³/mol. The van der Waals surface area contributed by atoms with Gasteiger partial charge in [0, 0.05) is 17.4 Å². The Morgan fingerprint density at radius 2 is 1.82 bits per heavy atom. The van der Waals surface area contributed by atoms with Gasteiger partial charge in [-0.05, 0) is 66.4 Å². The molecule has 0 amide bonds. The lowest BCUT2D eigenvalue weighted by Crippen LogP contribution is -2.40. The van der Waals surface area contributed by atoms with Gasteiger partial charge in [-0.15, -0.1) is 0 Å². The van der Waals surface area contributed by atoms with E-state index in [-0.39, 0.29) is 12.3 Å². The Labute approximate surface area is 192 Å². The minimum absolute atomic E-state index is 0.121. The van der Waals surface area contributed by atoms with Gasteiger partial charge in [0.1, 0.15) is 24.2 Å². The quantitative estimate of drug-likeness (QED) is 0.387. The SMILES string of the molecule is O=C(O)c1cc2c(OC[C@H](O)CN3CCC(c4ccc5ccccc5c4)CC3)cccc2[nH]1. The van der Waals surface area contributed by atoms with Crippen molar-refractivity contribution in [2.75, 3.05) is 26.2 Å². The second kappa shape index (κ2) is 9.25. The van der Waals surface area contributed by atoms with Gasteiger partial charge in [0.25, 0.3) is 0 Å². The lowest BCUT2D eigenvalue weighted by atomic mass is 9.88. The number of piperidine rings is 1. The number of carbonyl (C=O) groups is 1. The number of aromatic carboxylic acids is 1. The van der Waals surface area contributed by atoms with Gasteiger partial charge in [-0.1, -0.05) is 48.5 Å². The van der Waals surface area contributed by atoms with E-state index in [1.165, 1.54) is 16.3 Å². The molecule has 1 aliphatic heterocycles. The number of hydrogen-bond donors (Lipinski definition) is 3. The molecule has 0 spiro atoms. The van der Waals surface area contributed by atoms with E-state index in [1.807, 2.05) is 12.1 Å². The molecular weight excluding hydrogens is 416 g/mol. The van der Waals surface area contributed by atoms with Crippen LogP contribution in [0.4, 0.5) is 0 Å². The maximum absolute atomic E-state index is 11.2. The lowest BCUT2D eigenvalue weighted by molar-refractivity contribution is 0.0599. The second-order valence-corrected chi connectivity index (χ2v) is 8.85. The van der Waals surface area contributed by atoms with Crippen molar-refractivity contribution in [1.82, 2.24) is 9.88 Å². The summed E-state index contributed by atoms with van der Waals surface area (Å²) in [6.07, 6.45) is 1.54. The third kappa shape index (κ3) is 4.72. The van der Waals surface area contributed by atoms with Crippen molar-refractivity contribution in [3.8, 4) is 5.75 Å². The van der Waals surface area contributed by atoms with Gasteiger partial charge in [-0.2, -0.15) is 0 Å². The van der Waals surface area contributed by atoms with Crippen molar-refractivity contribution >= 4 is 27.6 Å². The average Bonchev–Trinajstić information content (AvgIpc) is 3.28. The van der Waals surface area contributed by atoms with Crippen molar-refractivity contribution in [1.29, 1.82) is 0 Å². The highest BCUT2D eigenvalue weighted by molar-refractivity contribution is 5.96. The molecule has 0 saturated carbocycles. The molecule has 0 aliphatic carbocycles. The Balaban J connectivity index is 1.14. The summed E-state index contributed by atoms with van der Waals surface area (Å²) in [7, 11) is 0. The second-order valence-electron chi connectivity index (χ2n) is 8.85. The van der Waals surface area contributed by atoms with Crippen LogP contribution in [0.3, 0.4) is 0 Å². The molecule has 0 bridgehead atoms. The number of hydrogen-bond acceptors (Lipinski definition) is 4. The predicted octanol–water partition coefficient (Wildman–Crippen LogP) is 4.64. The summed E-state index contributed by atoms with van der Waals surface area (Å²) < 4.78 is 5.86. The molecule has 1 aromatic heterocycles. The molecule has 6 heteroatoms. The smallest absolute Gasteiger partial charge is 0.352 e. The fourth-order valence-electron chi connectivity index (χ4n) is 4.82. The van der Waals surface area contributed by atoms with Crippen molar-refractivity contribution in [3.05, 3.63) is 78.0 Å². The molecule has 1 fully saturated rings. The lowest BCUT2D eigenvalue weighted by Gasteiger charge is -2.33. The average molecular weight is 445 g/mol. The molecule has 2 heterocycles. The number of nitrogens with one attached hydrogen (secondary N) is 1. The number of H-pyrrole nitrogens is 1. The minimum Gasteiger partial charge on any atom is -0.490 e. The number of aromatic nitrogens is 1. The van der Waals surface area contributed by atoms with Gasteiger partial charge < -0.3 is 24.8 Å². The standard InChI is InChI=1S/C27H28N2O4/c30-22(17-33-26-7-3-6-24-23(26)15-25(28-24)27(31)32)16-29-12-10-19(11-13-29)21-9-8-18-4-1-2-5-20(18)14-21/h1-9,14-15,19,22,28,30H,10-13,16-17H2,(H,31,32)/t22-/m1/s1. The molecule has 0 radical (unpaired) electrons. The number of aliphatic hydroxyl groups excluding tert-OH is 1. The first-order valence-electron chi connectivity index (χ1n) is 11.4. The van der Waals surface area contributed by atoms with Gasteiger partial charge in [0.2, 0.25) is 0 Å². The maximum Gasteiger partial charge on any atom is 0.352 e. The Bertz CT molecular complexity index is 1270. The summed E-state index contributed by atoms with van der Waals surface area (Å²) in [5.41, 5.74) is 2.23. The highest BCUT2D eigenvalue weighted by Crippen LogP contribution is 2.30. The minimum atomic E-state index is -1.01. The van der Waals surface area contributed by atoms with Crippen molar-refractivity contribution < 1.29 is 19.7 Å². The van der Waals surface area contributed by atoms with Gasteiger partial charge in [-0.25, -0.2) is 4.79 Å². The molecule has 1 saturated heterocycles. The van der Waals surface area contributed by atoms with Gasteiger partial charge in [0.15, 0.2) is 0 Å². The number of benzene rings is 3. The van der Waals surface area contributed by atoms with Crippen molar-refractivity contribution in [3.63, 3.8) is 0 Å². The van der Waals surface area contributed by atoms with Crippen LogP contribution in [0.2, 0.25) is 0 Å². The summed E-state index contributed by atoms with van der Waals surface area (Å²) in [4.78, 5) is 16.4. The van der Waals surface area contributed by atoms with Crippen LogP contribution in [-0.2, 0) is 0 Å². The molecule has 170 valence electrons. The zero-order valence-corrected chi connectivity index (χ0v) is 18.4. The number of aromatic amines is 1. The topological polar surface area (TPSA) is 85.8 Å². The van der Waals surface area contributed by atoms with Crippen LogP contribution in [0.25, 0.3) is 21.7 Å². The number of likely N-dealkylation sites (tertiary alicyclic amines) is 1. The summed E-state index contributed by atoms with van der Waals surface area (Å²) in [5.74, 6) is 0.114. The first-order chi connectivity index (χ1) is 16.1. The summed E-state index contributed by atoms with van der Waals surface area (Å²) in [6, 6.07) is 22.2. The van der Waals surface area contributed by atoms with Crippen LogP contribution in [0.5, 0.6) is 5.75 Å². The van der Waals surface area contributed by atoms with E-state index in [4.69, 9.17) is 4.74 Å². The number of ether oxygens (including phenoxy) is 1. The summed E-state index contributed by atoms with van der Waals surface area (Å²) in [6.45, 7) is 2.62. The molecule has 5 rings (SSSR count). The number of β-amino-alcohol motifs (C(OH)–C–C–N with tert-alkyl or cyclic N) is 1. The summed E-state index contributed by atoms with van der Waals surface area (Å²) >= 11 is 0. The molecular formula is C27H28N2O4. The fourth-order valence-corrected chi connectivity index (χ4v) is 4.82. The molecule has 3 aromatic carbocycles. The van der Waals surface area contributed by atoms with Gasteiger partial charge >= 0.3 is 5.97 Å². The number of aliphatic hydroxyl groups is 1. The number of carboxylic acid groups (broad SMARTS) is 1. The van der Waals surface area contributed by atoms with Crippen LogP contribution < -0.4 is 4.74 Å². The van der Waals surface area contributed by atoms with E-state index in [2.05, 4.69) is 52.3 Å². The Kier molecular flexibility index (Phi) is 6.03. The van der Waals surface area contributed by atoms with E-state index in [9.17, 15) is 15.0 Å². The molecule has 1 aliphatic rings. The summed E-state index contributed by atoms with van der Waals surface area (Å²) in [5, 5.41) is 23.0. The van der Waals surface area contributed by atoms with Crippen LogP contribution >= 0.6 is 0 Å². The fraction of sp³-hybridized carbons (Fsp3) is 0.296. The monoisotopic (exact) mass is 444 g/mol. The van der Waals surface area contributed by atoms with Gasteiger partial charge in [-0.3, -0.25) is 0 Å². The highest BCUT2D eigenvalue weighted by Gasteiger charge is 2.23. The molecule has 33 heavy (non-hydrogen) atoms. The Hall–Kier alpha value is -3.35. The van der Waals surface area contributed by atoms with E-state index < -0.39 is 12.1 Å². The largest absolute Gasteiger partial charge is 0.490 e. The van der Waals surface area contributed by atoms with E-state index in [0.717, 1.165) is 25.9 Å². The van der Waals surface area contributed by atoms with Crippen LogP contribution in [0.15, 0.2) is 66.7 Å². The van der Waals surface area contributed by atoms with Crippen LogP contribution in [0, 0.1) is 0 Å². The zero-order valence-electron chi connectivity index (χ0n) is 18.4. The molecule has 6 nitrogen and oxygen atoms in total. The van der Waals surface area contributed by atoms with Crippen LogP contribution in [0.1, 0.15) is 34.8 Å². The number of rotatable bonds is 7. The maximum atomic E-state index is 11.2. The first kappa shape index (κ1) is 21.5. The van der Waals surface area contributed by atoms with E-state index >= 15 is 0 Å². The van der Waals surface area contributed by atoms with Crippen molar-refractivity contribution in [2.45, 2.75) is 24.9 Å². The molecule has 4 aromatic rings. The molecule has 3 N–H and O–H groups in total. The number of carboxylic acids is 1. The first-order valence-corrected chi connectivity index (χ1v) is 11.4. The van der Waals surface area contributed by atoms with Crippen molar-refractivity contribution in [2.24, 2.45) is 0 Å². The van der Waals surface area contributed by atoms with E-state index in [1.54, 1.807) is 12.1 Å². The Morgan fingerprint density at radius 1 is 1.03 bits per heavy atom. The van der Waals surface area contributed by atoms with E-state index in [0.29, 0.717) is 29.1 Å². The molecule has 0 unspecified atom stereocenters. The third-order valence-electron chi connectivity index (χ3n) is 6.59. The van der Waals surface area contributed by atoms with Crippen LogP contribution in [-0.4, -0.2) is 58.4 Å².